The van der Waals surface area contributed by atoms with Crippen molar-refractivity contribution in [3.63, 3.8) is 0 Å². The zero-order valence-corrected chi connectivity index (χ0v) is 14.9. The minimum Gasteiger partial charge on any atom is -0.478 e. The number of piperazine rings is 1. The SMILES string of the molecule is Cl.Cl.O=C(O)c1ccc(Cc2ccccc2N2CCNCC2)cc1. The van der Waals surface area contributed by atoms with Crippen LogP contribution in [0.5, 0.6) is 0 Å². The number of rotatable bonds is 4. The van der Waals surface area contributed by atoms with Gasteiger partial charge in [0.05, 0.1) is 5.56 Å². The number of halogens is 2. The van der Waals surface area contributed by atoms with Crippen LogP contribution in [-0.2, 0) is 6.42 Å². The lowest BCUT2D eigenvalue weighted by atomic mass is 10.0. The highest BCUT2D eigenvalue weighted by Crippen LogP contribution is 2.23. The van der Waals surface area contributed by atoms with Crippen molar-refractivity contribution in [1.29, 1.82) is 0 Å². The van der Waals surface area contributed by atoms with Gasteiger partial charge in [-0.1, -0.05) is 30.3 Å². The first-order valence-electron chi connectivity index (χ1n) is 7.60. The van der Waals surface area contributed by atoms with Crippen LogP contribution in [0.3, 0.4) is 0 Å². The molecule has 1 fully saturated rings. The molecule has 4 nitrogen and oxygen atoms in total. The highest BCUT2D eigenvalue weighted by molar-refractivity contribution is 5.87. The molecule has 24 heavy (non-hydrogen) atoms. The maximum absolute atomic E-state index is 10.9. The smallest absolute Gasteiger partial charge is 0.335 e. The number of hydrogen-bond acceptors (Lipinski definition) is 3. The van der Waals surface area contributed by atoms with Crippen molar-refractivity contribution in [2.45, 2.75) is 6.42 Å². The van der Waals surface area contributed by atoms with Crippen LogP contribution in [0.25, 0.3) is 0 Å². The van der Waals surface area contributed by atoms with Crippen LogP contribution >= 0.6 is 24.8 Å². The van der Waals surface area contributed by atoms with Crippen LogP contribution in [0.15, 0.2) is 48.5 Å². The summed E-state index contributed by atoms with van der Waals surface area (Å²) in [6, 6.07) is 15.6. The Kier molecular flexibility index (Phi) is 8.05. The zero-order valence-electron chi connectivity index (χ0n) is 13.3. The van der Waals surface area contributed by atoms with Crippen LogP contribution in [0, 0.1) is 0 Å². The van der Waals surface area contributed by atoms with E-state index in [2.05, 4.69) is 34.5 Å². The van der Waals surface area contributed by atoms with E-state index in [-0.39, 0.29) is 24.8 Å². The van der Waals surface area contributed by atoms with E-state index in [0.717, 1.165) is 38.2 Å². The molecule has 0 radical (unpaired) electrons. The molecule has 3 rings (SSSR count). The molecule has 2 aromatic rings. The number of aromatic carboxylic acids is 1. The van der Waals surface area contributed by atoms with Crippen molar-refractivity contribution < 1.29 is 9.90 Å². The predicted molar refractivity (Wildman–Crippen MR) is 102 cm³/mol. The lowest BCUT2D eigenvalue weighted by Gasteiger charge is -2.31. The third-order valence-corrected chi connectivity index (χ3v) is 4.04. The van der Waals surface area contributed by atoms with E-state index in [1.54, 1.807) is 12.1 Å². The molecule has 130 valence electrons. The van der Waals surface area contributed by atoms with E-state index < -0.39 is 5.97 Å². The van der Waals surface area contributed by atoms with E-state index in [9.17, 15) is 4.79 Å². The van der Waals surface area contributed by atoms with Gasteiger partial charge < -0.3 is 15.3 Å². The second-order valence-electron chi connectivity index (χ2n) is 5.54. The summed E-state index contributed by atoms with van der Waals surface area (Å²) in [5.41, 5.74) is 4.03. The van der Waals surface area contributed by atoms with E-state index in [1.165, 1.54) is 11.3 Å². The number of benzene rings is 2. The standard InChI is InChI=1S/C18H20N2O2.2ClH/c21-18(22)15-7-5-14(6-8-15)13-16-3-1-2-4-17(16)20-11-9-19-10-12-20;;/h1-8,19H,9-13H2,(H,21,22);2*1H. The van der Waals surface area contributed by atoms with Gasteiger partial charge in [-0.3, -0.25) is 0 Å². The molecule has 6 heteroatoms. The summed E-state index contributed by atoms with van der Waals surface area (Å²) >= 11 is 0. The lowest BCUT2D eigenvalue weighted by molar-refractivity contribution is 0.0697. The van der Waals surface area contributed by atoms with Gasteiger partial charge in [0.15, 0.2) is 0 Å². The second kappa shape index (κ2) is 9.52. The van der Waals surface area contributed by atoms with E-state index in [1.807, 2.05) is 12.1 Å². The highest BCUT2D eigenvalue weighted by atomic mass is 35.5. The van der Waals surface area contributed by atoms with Gasteiger partial charge in [0, 0.05) is 31.9 Å². The Morgan fingerprint density at radius 1 is 1.00 bits per heavy atom. The van der Waals surface area contributed by atoms with Crippen LogP contribution in [-0.4, -0.2) is 37.3 Å². The quantitative estimate of drug-likeness (QED) is 0.869. The summed E-state index contributed by atoms with van der Waals surface area (Å²) in [6.45, 7) is 4.08. The highest BCUT2D eigenvalue weighted by Gasteiger charge is 2.14. The number of carbonyl (C=O) groups is 1. The average molecular weight is 369 g/mol. The number of nitrogens with zero attached hydrogens (tertiary/aromatic N) is 1. The van der Waals surface area contributed by atoms with Crippen LogP contribution in [0.4, 0.5) is 5.69 Å². The molecule has 0 amide bonds. The van der Waals surface area contributed by atoms with Crippen molar-refractivity contribution >= 4 is 36.5 Å². The number of nitrogens with one attached hydrogen (secondary N) is 1. The maximum atomic E-state index is 10.9. The molecule has 1 saturated heterocycles. The second-order valence-corrected chi connectivity index (χ2v) is 5.54. The van der Waals surface area contributed by atoms with Gasteiger partial charge in [-0.05, 0) is 35.7 Å². The fraction of sp³-hybridized carbons (Fsp3) is 0.278. The van der Waals surface area contributed by atoms with Crippen molar-refractivity contribution in [1.82, 2.24) is 5.32 Å². The molecular weight excluding hydrogens is 347 g/mol. The lowest BCUT2D eigenvalue weighted by Crippen LogP contribution is -2.43. The Balaban J connectivity index is 0.00000144. The third-order valence-electron chi connectivity index (χ3n) is 4.04. The maximum Gasteiger partial charge on any atom is 0.335 e. The van der Waals surface area contributed by atoms with Gasteiger partial charge in [0.25, 0.3) is 0 Å². The number of carboxylic acid groups (broad SMARTS) is 1. The molecule has 0 aliphatic carbocycles. The fourth-order valence-corrected chi connectivity index (χ4v) is 2.86. The number of carboxylic acids is 1. The predicted octanol–water partition coefficient (Wildman–Crippen LogP) is 3.23. The van der Waals surface area contributed by atoms with E-state index in [4.69, 9.17) is 5.11 Å². The van der Waals surface area contributed by atoms with Gasteiger partial charge in [0.1, 0.15) is 0 Å². The molecule has 0 aromatic heterocycles. The Bertz CT molecular complexity index is 656. The molecule has 0 spiro atoms. The molecule has 2 N–H and O–H groups in total. The molecule has 0 bridgehead atoms. The number of hydrogen-bond donors (Lipinski definition) is 2. The summed E-state index contributed by atoms with van der Waals surface area (Å²) in [6.07, 6.45) is 0.819. The van der Waals surface area contributed by atoms with Crippen LogP contribution < -0.4 is 10.2 Å². The van der Waals surface area contributed by atoms with Crippen LogP contribution in [0.1, 0.15) is 21.5 Å². The molecule has 1 aliphatic rings. The summed E-state index contributed by atoms with van der Waals surface area (Å²) in [7, 11) is 0. The van der Waals surface area contributed by atoms with E-state index >= 15 is 0 Å². The Morgan fingerprint density at radius 2 is 1.62 bits per heavy atom. The summed E-state index contributed by atoms with van der Waals surface area (Å²) in [5, 5.41) is 12.3. The molecule has 0 atom stereocenters. The van der Waals surface area contributed by atoms with Crippen molar-refractivity contribution in [2.75, 3.05) is 31.1 Å². The third kappa shape index (κ3) is 4.87. The van der Waals surface area contributed by atoms with Crippen LogP contribution in [0.2, 0.25) is 0 Å². The van der Waals surface area contributed by atoms with Gasteiger partial charge in [-0.25, -0.2) is 4.79 Å². The zero-order chi connectivity index (χ0) is 15.4. The molecule has 1 aliphatic heterocycles. The summed E-state index contributed by atoms with van der Waals surface area (Å²) in [4.78, 5) is 13.3. The number of para-hydroxylation sites is 1. The van der Waals surface area contributed by atoms with E-state index in [0.29, 0.717) is 5.56 Å². The fourth-order valence-electron chi connectivity index (χ4n) is 2.86. The molecular formula is C18H22Cl2N2O2. The molecule has 0 unspecified atom stereocenters. The molecule has 1 heterocycles. The largest absolute Gasteiger partial charge is 0.478 e. The van der Waals surface area contributed by atoms with Crippen molar-refractivity contribution in [3.05, 3.63) is 65.2 Å². The van der Waals surface area contributed by atoms with Gasteiger partial charge in [-0.15, -0.1) is 24.8 Å². The summed E-state index contributed by atoms with van der Waals surface area (Å²) < 4.78 is 0. The van der Waals surface area contributed by atoms with Crippen molar-refractivity contribution in [2.24, 2.45) is 0 Å². The van der Waals surface area contributed by atoms with Gasteiger partial charge >= 0.3 is 5.97 Å². The monoisotopic (exact) mass is 368 g/mol. The molecule has 0 saturated carbocycles. The minimum absolute atomic E-state index is 0. The minimum atomic E-state index is -0.882. The Morgan fingerprint density at radius 3 is 2.25 bits per heavy atom. The first kappa shape index (κ1) is 20.3. The topological polar surface area (TPSA) is 52.6 Å². The Hall–Kier alpha value is -1.75. The average Bonchev–Trinajstić information content (AvgIpc) is 2.57. The summed E-state index contributed by atoms with van der Waals surface area (Å²) in [5.74, 6) is -0.882. The van der Waals surface area contributed by atoms with Crippen molar-refractivity contribution in [3.8, 4) is 0 Å². The first-order valence-corrected chi connectivity index (χ1v) is 7.60. The Labute approximate surface area is 154 Å². The normalized spacial score (nSPS) is 13.6. The first-order chi connectivity index (χ1) is 10.7. The van der Waals surface area contributed by atoms with Gasteiger partial charge in [-0.2, -0.15) is 0 Å². The number of anilines is 1. The van der Waals surface area contributed by atoms with Gasteiger partial charge in [0.2, 0.25) is 0 Å². The molecule has 2 aromatic carbocycles.